The number of hydrogen-bond donors (Lipinski definition) is 2. The highest BCUT2D eigenvalue weighted by Gasteiger charge is 2.42. The highest BCUT2D eigenvalue weighted by Crippen LogP contribution is 2.41. The molecular weight excluding hydrogens is 520 g/mol. The van der Waals surface area contributed by atoms with Gasteiger partial charge in [-0.05, 0) is 67.6 Å². The number of nitrogens with one attached hydrogen (secondary N) is 1. The first kappa shape index (κ1) is 28.4. The Hall–Kier alpha value is -4.14. The molecule has 0 radical (unpaired) electrons. The molecule has 2 aromatic carbocycles. The summed E-state index contributed by atoms with van der Waals surface area (Å²) in [4.78, 5) is 37.3. The van der Waals surface area contributed by atoms with Crippen molar-refractivity contribution in [2.75, 3.05) is 20.8 Å². The highest BCUT2D eigenvalue weighted by atomic mass is 16.5. The number of amides is 3. The summed E-state index contributed by atoms with van der Waals surface area (Å²) in [5, 5.41) is 9.40. The van der Waals surface area contributed by atoms with Crippen LogP contribution in [-0.4, -0.2) is 55.2 Å². The Morgan fingerprint density at radius 3 is 2.32 bits per heavy atom. The lowest BCUT2D eigenvalue weighted by Crippen LogP contribution is -2.49. The van der Waals surface area contributed by atoms with Gasteiger partial charge < -0.3 is 20.5 Å². The van der Waals surface area contributed by atoms with Crippen LogP contribution < -0.4 is 20.5 Å². The van der Waals surface area contributed by atoms with Gasteiger partial charge in [0.15, 0.2) is 0 Å². The van der Waals surface area contributed by atoms with E-state index in [-0.39, 0.29) is 30.3 Å². The minimum absolute atomic E-state index is 0.00833. The zero-order valence-electron chi connectivity index (χ0n) is 23.7. The first-order valence-electron chi connectivity index (χ1n) is 14.4. The number of nitrogens with two attached hydrogens (primary N) is 1. The lowest BCUT2D eigenvalue weighted by Gasteiger charge is -2.40. The van der Waals surface area contributed by atoms with Crippen LogP contribution >= 0.6 is 0 Å². The summed E-state index contributed by atoms with van der Waals surface area (Å²) in [6.07, 6.45) is 12.4. The Morgan fingerprint density at radius 2 is 1.63 bits per heavy atom. The molecule has 0 spiro atoms. The maximum Gasteiger partial charge on any atom is 0.251 e. The minimum atomic E-state index is -0.621. The first-order chi connectivity index (χ1) is 19.9. The van der Waals surface area contributed by atoms with Crippen LogP contribution in [0.4, 0.5) is 0 Å². The molecule has 1 saturated carbocycles. The number of carbonyl (C=O) groups is 3. The fraction of sp³-hybridized carbons (Fsp3) is 0.438. The Bertz CT molecular complexity index is 1380. The average molecular weight is 559 g/mol. The van der Waals surface area contributed by atoms with Gasteiger partial charge in [0, 0.05) is 22.6 Å². The fourth-order valence-corrected chi connectivity index (χ4v) is 6.24. The zero-order chi connectivity index (χ0) is 28.9. The standard InChI is InChI=1S/C32H38N4O5/c1-40-27-16-14-20(17-26(27)23-15-13-21(18-28(23)41-2)31(38)34-19-29(33)37)30-24-11-7-8-12-25(24)32(39)36(35-30)22-9-5-3-4-6-10-22/h7-8,13-18,22,24-25H,3-6,9-12,19H2,1-2H3,(H2,33,37)(H,34,38)/t24-,25+/m0/s1. The molecule has 0 aromatic heterocycles. The van der Waals surface area contributed by atoms with Gasteiger partial charge in [0.25, 0.3) is 5.91 Å². The Kier molecular flexibility index (Phi) is 8.71. The van der Waals surface area contributed by atoms with Crippen molar-refractivity contribution in [3.63, 3.8) is 0 Å². The molecule has 5 rings (SSSR count). The van der Waals surface area contributed by atoms with Crippen LogP contribution in [0, 0.1) is 11.8 Å². The lowest BCUT2D eigenvalue weighted by atomic mass is 9.76. The van der Waals surface area contributed by atoms with Crippen LogP contribution in [0.15, 0.2) is 53.7 Å². The Labute approximate surface area is 240 Å². The molecule has 9 nitrogen and oxygen atoms in total. The predicted molar refractivity (Wildman–Crippen MR) is 157 cm³/mol. The number of nitrogens with zero attached hydrogens (tertiary/aromatic N) is 2. The normalized spacial score (nSPS) is 21.0. The van der Waals surface area contributed by atoms with Crippen molar-refractivity contribution in [3.8, 4) is 22.6 Å². The van der Waals surface area contributed by atoms with E-state index in [0.29, 0.717) is 17.1 Å². The number of fused-ring (bicyclic) bond motifs is 1. The van der Waals surface area contributed by atoms with Crippen molar-refractivity contribution in [2.45, 2.75) is 57.4 Å². The highest BCUT2D eigenvalue weighted by molar-refractivity contribution is 6.08. The second-order valence-electron chi connectivity index (χ2n) is 10.9. The van der Waals surface area contributed by atoms with Gasteiger partial charge in [0.05, 0.1) is 38.4 Å². The van der Waals surface area contributed by atoms with E-state index in [2.05, 4.69) is 17.5 Å². The van der Waals surface area contributed by atoms with Gasteiger partial charge in [-0.25, -0.2) is 5.01 Å². The number of hydrazone groups is 1. The zero-order valence-corrected chi connectivity index (χ0v) is 23.7. The Balaban J connectivity index is 1.55. The van der Waals surface area contributed by atoms with Crippen LogP contribution in [0.1, 0.15) is 67.3 Å². The molecule has 2 atom stereocenters. The first-order valence-corrected chi connectivity index (χ1v) is 14.4. The number of hydrogen-bond acceptors (Lipinski definition) is 6. The van der Waals surface area contributed by atoms with Crippen LogP contribution in [-0.2, 0) is 9.59 Å². The average Bonchev–Trinajstić information content (AvgIpc) is 3.29. The topological polar surface area (TPSA) is 123 Å². The van der Waals surface area contributed by atoms with Gasteiger partial charge in [0.2, 0.25) is 11.8 Å². The molecule has 0 bridgehead atoms. The molecular formula is C32H38N4O5. The molecule has 1 fully saturated rings. The molecule has 3 aliphatic rings. The summed E-state index contributed by atoms with van der Waals surface area (Å²) in [5.74, 6) is 0.117. The number of ether oxygens (including phenoxy) is 2. The van der Waals surface area contributed by atoms with E-state index < -0.39 is 11.8 Å². The second-order valence-corrected chi connectivity index (χ2v) is 10.9. The molecule has 3 amide bonds. The van der Waals surface area contributed by atoms with E-state index in [4.69, 9.17) is 20.3 Å². The number of benzene rings is 2. The smallest absolute Gasteiger partial charge is 0.251 e. The third kappa shape index (κ3) is 5.99. The summed E-state index contributed by atoms with van der Waals surface area (Å²) in [6, 6.07) is 11.2. The van der Waals surface area contributed by atoms with Crippen molar-refractivity contribution in [2.24, 2.45) is 22.7 Å². The van der Waals surface area contributed by atoms with Crippen molar-refractivity contribution < 1.29 is 23.9 Å². The molecule has 41 heavy (non-hydrogen) atoms. The molecule has 9 heteroatoms. The molecule has 2 aliphatic carbocycles. The van der Waals surface area contributed by atoms with Gasteiger partial charge in [0.1, 0.15) is 11.5 Å². The molecule has 216 valence electrons. The van der Waals surface area contributed by atoms with E-state index >= 15 is 0 Å². The van der Waals surface area contributed by atoms with Crippen LogP contribution in [0.3, 0.4) is 0 Å². The number of rotatable bonds is 8. The monoisotopic (exact) mass is 558 g/mol. The number of allylic oxidation sites excluding steroid dienone is 2. The predicted octanol–water partition coefficient (Wildman–Crippen LogP) is 4.44. The fourth-order valence-electron chi connectivity index (χ4n) is 6.24. The maximum absolute atomic E-state index is 13.7. The molecule has 0 saturated heterocycles. The van der Waals surface area contributed by atoms with E-state index in [1.165, 1.54) is 12.8 Å². The third-order valence-corrected chi connectivity index (χ3v) is 8.38. The van der Waals surface area contributed by atoms with Gasteiger partial charge in [-0.3, -0.25) is 14.4 Å². The van der Waals surface area contributed by atoms with E-state index in [0.717, 1.165) is 60.9 Å². The van der Waals surface area contributed by atoms with Crippen molar-refractivity contribution in [3.05, 3.63) is 59.7 Å². The SMILES string of the molecule is COc1cc(C(=O)NCC(N)=O)ccc1-c1cc(C2=NN(C3CCCCCC3)C(=O)[C@@H]3CC=CC[C@H]23)ccc1OC. The number of methoxy groups -OCH3 is 2. The summed E-state index contributed by atoms with van der Waals surface area (Å²) >= 11 is 0. The van der Waals surface area contributed by atoms with Crippen molar-refractivity contribution in [1.82, 2.24) is 10.3 Å². The van der Waals surface area contributed by atoms with Crippen LogP contribution in [0.25, 0.3) is 11.1 Å². The van der Waals surface area contributed by atoms with Gasteiger partial charge in [-0.2, -0.15) is 5.10 Å². The van der Waals surface area contributed by atoms with Crippen LogP contribution in [0.2, 0.25) is 0 Å². The number of primary amides is 1. The van der Waals surface area contributed by atoms with Crippen molar-refractivity contribution >= 4 is 23.4 Å². The molecule has 3 N–H and O–H groups in total. The summed E-state index contributed by atoms with van der Waals surface area (Å²) < 4.78 is 11.4. The molecule has 1 aliphatic heterocycles. The minimum Gasteiger partial charge on any atom is -0.496 e. The molecule has 1 heterocycles. The van der Waals surface area contributed by atoms with E-state index in [9.17, 15) is 14.4 Å². The Morgan fingerprint density at radius 1 is 0.927 bits per heavy atom. The third-order valence-electron chi connectivity index (χ3n) is 8.38. The lowest BCUT2D eigenvalue weighted by molar-refractivity contribution is -0.140. The van der Waals surface area contributed by atoms with Gasteiger partial charge >= 0.3 is 0 Å². The number of carbonyl (C=O) groups excluding carboxylic acids is 3. The largest absolute Gasteiger partial charge is 0.496 e. The van der Waals surface area contributed by atoms with E-state index in [1.807, 2.05) is 23.2 Å². The maximum atomic E-state index is 13.7. The quantitative estimate of drug-likeness (QED) is 0.366. The second kappa shape index (κ2) is 12.6. The van der Waals surface area contributed by atoms with Gasteiger partial charge in [-0.1, -0.05) is 37.8 Å². The summed E-state index contributed by atoms with van der Waals surface area (Å²) in [5.41, 5.74) is 8.89. The van der Waals surface area contributed by atoms with E-state index in [1.54, 1.807) is 32.4 Å². The molecule has 2 aromatic rings. The summed E-state index contributed by atoms with van der Waals surface area (Å²) in [6.45, 7) is -0.251. The summed E-state index contributed by atoms with van der Waals surface area (Å²) in [7, 11) is 3.16. The van der Waals surface area contributed by atoms with Gasteiger partial charge in [-0.15, -0.1) is 0 Å². The molecule has 0 unspecified atom stereocenters. The van der Waals surface area contributed by atoms with Crippen LogP contribution in [0.5, 0.6) is 11.5 Å². The van der Waals surface area contributed by atoms with Crippen molar-refractivity contribution in [1.29, 1.82) is 0 Å².